The number of ether oxygens (including phenoxy) is 2. The van der Waals surface area contributed by atoms with Crippen LogP contribution in [0.2, 0.25) is 0 Å². The van der Waals surface area contributed by atoms with E-state index in [0.29, 0.717) is 18.2 Å². The molecule has 1 rings (SSSR count). The number of nitrogen functional groups attached to an aromatic ring is 1. The highest BCUT2D eigenvalue weighted by Crippen LogP contribution is 2.23. The largest absolute Gasteiger partial charge is 0.496 e. The van der Waals surface area contributed by atoms with Gasteiger partial charge in [-0.05, 0) is 25.3 Å². The van der Waals surface area contributed by atoms with E-state index >= 15 is 0 Å². The van der Waals surface area contributed by atoms with Crippen LogP contribution in [0.15, 0.2) is 18.2 Å². The SMILES string of the molecule is COc1cc(N)ccc1COC(C)CC(C)C. The van der Waals surface area contributed by atoms with Crippen LogP contribution in [0.25, 0.3) is 0 Å². The van der Waals surface area contributed by atoms with Crippen molar-refractivity contribution in [3.63, 3.8) is 0 Å². The molecule has 3 heteroatoms. The number of nitrogens with two attached hydrogens (primary N) is 1. The third-order valence-electron chi connectivity index (χ3n) is 2.64. The van der Waals surface area contributed by atoms with Crippen molar-refractivity contribution < 1.29 is 9.47 Å². The molecule has 0 heterocycles. The van der Waals surface area contributed by atoms with Gasteiger partial charge in [0.2, 0.25) is 0 Å². The second-order valence-corrected chi connectivity index (χ2v) is 4.82. The maximum Gasteiger partial charge on any atom is 0.126 e. The van der Waals surface area contributed by atoms with E-state index in [1.54, 1.807) is 7.11 Å². The van der Waals surface area contributed by atoms with Gasteiger partial charge in [-0.1, -0.05) is 19.9 Å². The van der Waals surface area contributed by atoms with Gasteiger partial charge in [-0.25, -0.2) is 0 Å². The second kappa shape index (κ2) is 6.50. The van der Waals surface area contributed by atoms with Crippen molar-refractivity contribution in [1.82, 2.24) is 0 Å². The van der Waals surface area contributed by atoms with Gasteiger partial charge in [-0.2, -0.15) is 0 Å². The van der Waals surface area contributed by atoms with Gasteiger partial charge < -0.3 is 15.2 Å². The van der Waals surface area contributed by atoms with Crippen molar-refractivity contribution >= 4 is 5.69 Å². The zero-order valence-electron chi connectivity index (χ0n) is 11.2. The fraction of sp³-hybridized carbons (Fsp3) is 0.571. The monoisotopic (exact) mass is 237 g/mol. The van der Waals surface area contributed by atoms with E-state index in [2.05, 4.69) is 20.8 Å². The molecule has 1 unspecified atom stereocenters. The second-order valence-electron chi connectivity index (χ2n) is 4.82. The smallest absolute Gasteiger partial charge is 0.126 e. The van der Waals surface area contributed by atoms with Crippen LogP contribution in [-0.2, 0) is 11.3 Å². The quantitative estimate of drug-likeness (QED) is 0.772. The van der Waals surface area contributed by atoms with Crippen LogP contribution >= 0.6 is 0 Å². The Morgan fingerprint density at radius 2 is 1.94 bits per heavy atom. The molecule has 0 aromatic heterocycles. The number of hydrogen-bond acceptors (Lipinski definition) is 3. The lowest BCUT2D eigenvalue weighted by Gasteiger charge is -2.16. The molecule has 2 N–H and O–H groups in total. The van der Waals surface area contributed by atoms with Gasteiger partial charge in [-0.3, -0.25) is 0 Å². The first-order valence-corrected chi connectivity index (χ1v) is 6.07. The van der Waals surface area contributed by atoms with E-state index in [1.165, 1.54) is 0 Å². The summed E-state index contributed by atoms with van der Waals surface area (Å²) in [6.45, 7) is 7.06. The Balaban J connectivity index is 2.56. The summed E-state index contributed by atoms with van der Waals surface area (Å²) >= 11 is 0. The topological polar surface area (TPSA) is 44.5 Å². The van der Waals surface area contributed by atoms with E-state index in [4.69, 9.17) is 15.2 Å². The Morgan fingerprint density at radius 3 is 2.53 bits per heavy atom. The first-order chi connectivity index (χ1) is 8.02. The fourth-order valence-electron chi connectivity index (χ4n) is 1.84. The highest BCUT2D eigenvalue weighted by Gasteiger charge is 2.08. The van der Waals surface area contributed by atoms with E-state index in [9.17, 15) is 0 Å². The normalized spacial score (nSPS) is 12.8. The molecule has 0 bridgehead atoms. The molecule has 1 atom stereocenters. The van der Waals surface area contributed by atoms with Crippen LogP contribution in [0, 0.1) is 5.92 Å². The minimum atomic E-state index is 0.261. The molecule has 0 amide bonds. The Hall–Kier alpha value is -1.22. The molecular formula is C14H23NO2. The van der Waals surface area contributed by atoms with Crippen molar-refractivity contribution in [2.45, 2.75) is 39.9 Å². The molecular weight excluding hydrogens is 214 g/mol. The number of methoxy groups -OCH3 is 1. The minimum Gasteiger partial charge on any atom is -0.496 e. The van der Waals surface area contributed by atoms with Crippen molar-refractivity contribution in [2.75, 3.05) is 12.8 Å². The first-order valence-electron chi connectivity index (χ1n) is 6.07. The maximum absolute atomic E-state index is 5.80. The maximum atomic E-state index is 5.80. The Morgan fingerprint density at radius 1 is 1.24 bits per heavy atom. The summed E-state index contributed by atoms with van der Waals surface area (Å²) < 4.78 is 11.1. The third-order valence-corrected chi connectivity index (χ3v) is 2.64. The average Bonchev–Trinajstić information content (AvgIpc) is 2.26. The highest BCUT2D eigenvalue weighted by molar-refractivity contribution is 5.48. The van der Waals surface area contributed by atoms with Crippen LogP contribution in [0.3, 0.4) is 0 Å². The molecule has 0 saturated carbocycles. The van der Waals surface area contributed by atoms with E-state index < -0.39 is 0 Å². The molecule has 0 spiro atoms. The van der Waals surface area contributed by atoms with Crippen LogP contribution in [0.5, 0.6) is 5.75 Å². The number of hydrogen-bond donors (Lipinski definition) is 1. The molecule has 3 nitrogen and oxygen atoms in total. The van der Waals surface area contributed by atoms with Crippen molar-refractivity contribution in [1.29, 1.82) is 0 Å². The molecule has 0 aliphatic heterocycles. The molecule has 0 radical (unpaired) electrons. The van der Waals surface area contributed by atoms with Gasteiger partial charge in [0.05, 0.1) is 19.8 Å². The molecule has 1 aromatic carbocycles. The standard InChI is InChI=1S/C14H23NO2/c1-10(2)7-11(3)17-9-12-5-6-13(15)8-14(12)16-4/h5-6,8,10-11H,7,9,15H2,1-4H3. The summed E-state index contributed by atoms with van der Waals surface area (Å²) in [5.74, 6) is 1.44. The van der Waals surface area contributed by atoms with Crippen molar-refractivity contribution in [2.24, 2.45) is 5.92 Å². The molecule has 0 saturated heterocycles. The zero-order valence-corrected chi connectivity index (χ0v) is 11.2. The third kappa shape index (κ3) is 4.65. The number of anilines is 1. The summed E-state index contributed by atoms with van der Waals surface area (Å²) in [5.41, 5.74) is 7.45. The van der Waals surface area contributed by atoms with Crippen LogP contribution in [-0.4, -0.2) is 13.2 Å². The van der Waals surface area contributed by atoms with Gasteiger partial charge in [0.25, 0.3) is 0 Å². The summed E-state index contributed by atoms with van der Waals surface area (Å²) in [6.07, 6.45) is 1.33. The van der Waals surface area contributed by atoms with E-state index in [1.807, 2.05) is 18.2 Å². The lowest BCUT2D eigenvalue weighted by Crippen LogP contribution is -2.11. The summed E-state index contributed by atoms with van der Waals surface area (Å²) in [6, 6.07) is 5.65. The molecule has 17 heavy (non-hydrogen) atoms. The predicted octanol–water partition coefficient (Wildman–Crippen LogP) is 3.23. The number of rotatable bonds is 6. The summed E-state index contributed by atoms with van der Waals surface area (Å²) in [5, 5.41) is 0. The Labute approximate surface area is 104 Å². The van der Waals surface area contributed by atoms with Crippen LogP contribution < -0.4 is 10.5 Å². The first kappa shape index (κ1) is 13.8. The lowest BCUT2D eigenvalue weighted by molar-refractivity contribution is 0.0387. The fourth-order valence-corrected chi connectivity index (χ4v) is 1.84. The van der Waals surface area contributed by atoms with E-state index in [-0.39, 0.29) is 6.10 Å². The lowest BCUT2D eigenvalue weighted by atomic mass is 10.1. The molecule has 0 aliphatic carbocycles. The van der Waals surface area contributed by atoms with Gasteiger partial charge in [0, 0.05) is 17.3 Å². The zero-order chi connectivity index (χ0) is 12.8. The number of benzene rings is 1. The van der Waals surface area contributed by atoms with Crippen molar-refractivity contribution in [3.8, 4) is 5.75 Å². The van der Waals surface area contributed by atoms with Gasteiger partial charge in [0.15, 0.2) is 0 Å². The van der Waals surface area contributed by atoms with Crippen LogP contribution in [0.4, 0.5) is 5.69 Å². The predicted molar refractivity (Wildman–Crippen MR) is 71.1 cm³/mol. The van der Waals surface area contributed by atoms with Gasteiger partial charge in [0.1, 0.15) is 5.75 Å². The molecule has 96 valence electrons. The van der Waals surface area contributed by atoms with Crippen LogP contribution in [0.1, 0.15) is 32.8 Å². The van der Waals surface area contributed by atoms with Gasteiger partial charge >= 0.3 is 0 Å². The summed E-state index contributed by atoms with van der Waals surface area (Å²) in [7, 11) is 1.65. The average molecular weight is 237 g/mol. The molecule has 1 aromatic rings. The molecule has 0 aliphatic rings. The Kier molecular flexibility index (Phi) is 5.29. The molecule has 0 fully saturated rings. The Bertz CT molecular complexity index is 350. The summed E-state index contributed by atoms with van der Waals surface area (Å²) in [4.78, 5) is 0. The van der Waals surface area contributed by atoms with Gasteiger partial charge in [-0.15, -0.1) is 0 Å². The van der Waals surface area contributed by atoms with E-state index in [0.717, 1.165) is 17.7 Å². The highest BCUT2D eigenvalue weighted by atomic mass is 16.5. The van der Waals surface area contributed by atoms with Crippen molar-refractivity contribution in [3.05, 3.63) is 23.8 Å². The minimum absolute atomic E-state index is 0.261.